The molecule has 0 saturated carbocycles. The van der Waals surface area contributed by atoms with Crippen molar-refractivity contribution in [1.82, 2.24) is 25.7 Å². The molecule has 1 aromatic heterocycles. The molecule has 3 amide bonds. The van der Waals surface area contributed by atoms with Crippen molar-refractivity contribution in [2.45, 2.75) is 18.7 Å². The number of nitrogens with zero attached hydrogens (tertiary/aromatic N) is 2. The molecular weight excluding hydrogens is 566 g/mol. The van der Waals surface area contributed by atoms with E-state index in [4.69, 9.17) is 18.9 Å². The summed E-state index contributed by atoms with van der Waals surface area (Å²) in [6.07, 6.45) is -0.608. The van der Waals surface area contributed by atoms with Crippen LogP contribution in [0.25, 0.3) is 11.3 Å². The summed E-state index contributed by atoms with van der Waals surface area (Å²) in [5.41, 5.74) is 2.93. The van der Waals surface area contributed by atoms with Crippen LogP contribution < -0.4 is 29.6 Å². The molecule has 226 valence electrons. The predicted molar refractivity (Wildman–Crippen MR) is 159 cm³/mol. The van der Waals surface area contributed by atoms with E-state index in [9.17, 15) is 14.4 Å². The predicted octanol–water partition coefficient (Wildman–Crippen LogP) is 2.80. The van der Waals surface area contributed by atoms with Gasteiger partial charge in [0, 0.05) is 24.2 Å². The van der Waals surface area contributed by atoms with Crippen LogP contribution in [0.5, 0.6) is 23.0 Å². The summed E-state index contributed by atoms with van der Waals surface area (Å²) in [4.78, 5) is 41.2. The van der Waals surface area contributed by atoms with Crippen LogP contribution in [0.15, 0.2) is 72.8 Å². The van der Waals surface area contributed by atoms with Crippen molar-refractivity contribution in [1.29, 1.82) is 0 Å². The van der Waals surface area contributed by atoms with Gasteiger partial charge < -0.3 is 34.5 Å². The Morgan fingerprint density at radius 1 is 0.909 bits per heavy atom. The number of hydrogen-bond donors (Lipinski definition) is 3. The van der Waals surface area contributed by atoms with Crippen molar-refractivity contribution in [2.24, 2.45) is 0 Å². The second-order valence-electron chi connectivity index (χ2n) is 10.4. The molecule has 7 rings (SSSR count). The molecule has 0 spiro atoms. The van der Waals surface area contributed by atoms with Gasteiger partial charge in [-0.15, -0.1) is 0 Å². The molecule has 3 aliphatic rings. The Morgan fingerprint density at radius 2 is 1.73 bits per heavy atom. The highest BCUT2D eigenvalue weighted by atomic mass is 16.5. The van der Waals surface area contributed by atoms with E-state index >= 15 is 0 Å². The third-order valence-electron chi connectivity index (χ3n) is 7.53. The molecule has 0 aliphatic carbocycles. The monoisotopic (exact) mass is 597 g/mol. The Kier molecular flexibility index (Phi) is 8.04. The highest BCUT2D eigenvalue weighted by molar-refractivity contribution is 5.96. The fourth-order valence-corrected chi connectivity index (χ4v) is 5.22. The van der Waals surface area contributed by atoms with Crippen molar-refractivity contribution < 1.29 is 33.3 Å². The number of H-pyrrole nitrogens is 1. The minimum Gasteiger partial charge on any atom is -0.493 e. The molecule has 3 N–H and O–H groups in total. The number of aromatic nitrogens is 2. The maximum atomic E-state index is 13.6. The molecule has 2 atom stereocenters. The quantitative estimate of drug-likeness (QED) is 0.326. The highest BCUT2D eigenvalue weighted by Gasteiger charge is 2.39. The van der Waals surface area contributed by atoms with Gasteiger partial charge in [0.15, 0.2) is 29.6 Å². The number of carbonyl (C=O) groups is 3. The van der Waals surface area contributed by atoms with Crippen molar-refractivity contribution in [3.63, 3.8) is 0 Å². The van der Waals surface area contributed by atoms with E-state index in [1.54, 1.807) is 35.2 Å². The second kappa shape index (κ2) is 12.4. The van der Waals surface area contributed by atoms with E-state index in [0.717, 1.165) is 11.1 Å². The summed E-state index contributed by atoms with van der Waals surface area (Å²) < 4.78 is 23.1. The molecule has 4 bridgehead atoms. The molecule has 0 radical (unpaired) electrons. The summed E-state index contributed by atoms with van der Waals surface area (Å²) in [5.74, 6) is 0.478. The number of fused-ring (bicyclic) bond motifs is 7. The number of hydrogen-bond acceptors (Lipinski definition) is 8. The summed E-state index contributed by atoms with van der Waals surface area (Å²) in [7, 11) is 3.00. The molecule has 4 aromatic rings. The van der Waals surface area contributed by atoms with Crippen LogP contribution in [0, 0.1) is 0 Å². The fraction of sp³-hybridized carbons (Fsp3) is 0.250. The Balaban J connectivity index is 1.30. The minimum atomic E-state index is -0.608. The molecule has 3 aliphatic heterocycles. The second-order valence-corrected chi connectivity index (χ2v) is 10.4. The molecule has 0 unspecified atom stereocenters. The average molecular weight is 598 g/mol. The molecule has 1 fully saturated rings. The summed E-state index contributed by atoms with van der Waals surface area (Å²) >= 11 is 0. The zero-order valence-corrected chi connectivity index (χ0v) is 24.2. The van der Waals surface area contributed by atoms with Crippen LogP contribution in [0.3, 0.4) is 0 Å². The summed E-state index contributed by atoms with van der Waals surface area (Å²) in [6.45, 7) is 0.343. The Bertz CT molecular complexity index is 1690. The first kappa shape index (κ1) is 28.6. The lowest BCUT2D eigenvalue weighted by Crippen LogP contribution is -2.45. The van der Waals surface area contributed by atoms with Crippen molar-refractivity contribution in [3.8, 4) is 34.3 Å². The number of aromatic amines is 1. The van der Waals surface area contributed by atoms with Gasteiger partial charge in [-0.2, -0.15) is 5.10 Å². The van der Waals surface area contributed by atoms with Crippen LogP contribution in [-0.2, 0) is 11.3 Å². The largest absolute Gasteiger partial charge is 0.493 e. The minimum absolute atomic E-state index is 0.188. The zero-order valence-electron chi connectivity index (χ0n) is 24.2. The third kappa shape index (κ3) is 6.00. The van der Waals surface area contributed by atoms with Gasteiger partial charge in [-0.05, 0) is 42.0 Å². The van der Waals surface area contributed by atoms with E-state index in [2.05, 4.69) is 20.8 Å². The first-order chi connectivity index (χ1) is 21.4. The van der Waals surface area contributed by atoms with E-state index in [0.29, 0.717) is 28.6 Å². The smallest absolute Gasteiger partial charge is 0.272 e. The van der Waals surface area contributed by atoms with Gasteiger partial charge in [-0.1, -0.05) is 36.4 Å². The van der Waals surface area contributed by atoms with E-state index in [1.165, 1.54) is 20.3 Å². The number of nitrogens with one attached hydrogen (secondary N) is 3. The SMILES string of the molecule is COc1ccc2cc1OCC(=O)NCc1ccc(c(OC)c1)O[C@H]1CN(C(=O)c3cc(-c4ccccc4)n[nH]3)C[C@@H]1NC2=O. The van der Waals surface area contributed by atoms with Gasteiger partial charge in [0.05, 0.1) is 32.5 Å². The van der Waals surface area contributed by atoms with E-state index < -0.39 is 18.1 Å². The van der Waals surface area contributed by atoms with Gasteiger partial charge in [0.1, 0.15) is 11.8 Å². The van der Waals surface area contributed by atoms with Gasteiger partial charge in [0.25, 0.3) is 17.7 Å². The Morgan fingerprint density at radius 3 is 2.52 bits per heavy atom. The zero-order chi connectivity index (χ0) is 30.6. The van der Waals surface area contributed by atoms with Crippen molar-refractivity contribution in [2.75, 3.05) is 33.9 Å². The standard InChI is InChI=1S/C32H31N5O7/c1-41-25-11-9-21-13-28(25)43-18-30(38)33-15-19-8-10-26(27(12-19)42-2)44-29-17-37(16-24(29)34-31(21)39)32(40)23-14-22(35-36-23)20-6-4-3-5-7-20/h3-14,24,29H,15-18H2,1-2H3,(H,33,38)(H,34,39)(H,35,36)/t24-,29-/m0/s1. The van der Waals surface area contributed by atoms with Crippen LogP contribution >= 0.6 is 0 Å². The number of amides is 3. The number of likely N-dealkylation sites (tertiary alicyclic amines) is 1. The van der Waals surface area contributed by atoms with Gasteiger partial charge in [-0.25, -0.2) is 0 Å². The fourth-order valence-electron chi connectivity index (χ4n) is 5.22. The number of rotatable bonds is 4. The molecule has 44 heavy (non-hydrogen) atoms. The first-order valence-corrected chi connectivity index (χ1v) is 14.0. The summed E-state index contributed by atoms with van der Waals surface area (Å²) in [6, 6.07) is 20.7. The Hall–Kier alpha value is -5.52. The van der Waals surface area contributed by atoms with Crippen LogP contribution in [0.2, 0.25) is 0 Å². The summed E-state index contributed by atoms with van der Waals surface area (Å²) in [5, 5.41) is 13.0. The molecular formula is C32H31N5O7. The molecule has 12 nitrogen and oxygen atoms in total. The highest BCUT2D eigenvalue weighted by Crippen LogP contribution is 2.32. The van der Waals surface area contributed by atoms with Crippen LogP contribution in [0.1, 0.15) is 26.4 Å². The average Bonchev–Trinajstić information content (AvgIpc) is 3.70. The number of ether oxygens (including phenoxy) is 4. The number of methoxy groups -OCH3 is 2. The van der Waals surface area contributed by atoms with Crippen LogP contribution in [-0.4, -0.2) is 78.9 Å². The maximum absolute atomic E-state index is 13.6. The molecule has 4 heterocycles. The maximum Gasteiger partial charge on any atom is 0.272 e. The van der Waals surface area contributed by atoms with Gasteiger partial charge in [0.2, 0.25) is 0 Å². The molecule has 12 heteroatoms. The lowest BCUT2D eigenvalue weighted by Gasteiger charge is -2.22. The van der Waals surface area contributed by atoms with Crippen molar-refractivity contribution in [3.05, 3.63) is 89.6 Å². The number of benzene rings is 3. The molecule has 3 aromatic carbocycles. The van der Waals surface area contributed by atoms with E-state index in [1.807, 2.05) is 36.4 Å². The van der Waals surface area contributed by atoms with Crippen molar-refractivity contribution >= 4 is 17.7 Å². The Labute approximate surface area is 253 Å². The van der Waals surface area contributed by atoms with Gasteiger partial charge >= 0.3 is 0 Å². The van der Waals surface area contributed by atoms with Crippen LogP contribution in [0.4, 0.5) is 0 Å². The van der Waals surface area contributed by atoms with E-state index in [-0.39, 0.29) is 49.4 Å². The molecule has 1 saturated heterocycles. The normalized spacial score (nSPS) is 18.3. The number of carbonyl (C=O) groups excluding carboxylic acids is 3. The first-order valence-electron chi connectivity index (χ1n) is 14.0. The topological polar surface area (TPSA) is 144 Å². The lowest BCUT2D eigenvalue weighted by atomic mass is 10.1. The third-order valence-corrected chi connectivity index (χ3v) is 7.53. The van der Waals surface area contributed by atoms with Gasteiger partial charge in [-0.3, -0.25) is 19.5 Å². The lowest BCUT2D eigenvalue weighted by molar-refractivity contribution is -0.123.